The molecule has 0 aromatic carbocycles. The Hall–Kier alpha value is -2.98. The van der Waals surface area contributed by atoms with Crippen molar-refractivity contribution in [1.82, 2.24) is 0 Å². The van der Waals surface area contributed by atoms with E-state index in [2.05, 4.69) is 0 Å². The average Bonchev–Trinajstić information content (AvgIpc) is 2.58. The van der Waals surface area contributed by atoms with Gasteiger partial charge in [0.05, 0.1) is 0 Å². The van der Waals surface area contributed by atoms with Gasteiger partial charge in [0.1, 0.15) is 6.61 Å². The van der Waals surface area contributed by atoms with Crippen LogP contribution in [0, 0.1) is 0 Å². The van der Waals surface area contributed by atoms with Crippen molar-refractivity contribution in [2.45, 2.75) is 72.4 Å². The molecule has 0 saturated heterocycles. The first-order valence-electron chi connectivity index (χ1n) is 8.73. The number of hydrogen-bond acceptors (Lipinski definition) is 11. The number of esters is 5. The lowest BCUT2D eigenvalue weighted by Crippen LogP contribution is -2.55. The van der Waals surface area contributed by atoms with E-state index >= 15 is 0 Å². The second-order valence-corrected chi connectivity index (χ2v) is 5.95. The normalized spacial score (nSPS) is 14.4. The summed E-state index contributed by atoms with van der Waals surface area (Å²) in [6.07, 6.45) is -6.48. The van der Waals surface area contributed by atoms with Gasteiger partial charge in [-0.15, -0.1) is 0 Å². The van der Waals surface area contributed by atoms with Crippen molar-refractivity contribution in [2.75, 3.05) is 6.61 Å². The van der Waals surface area contributed by atoms with E-state index in [1.807, 2.05) is 0 Å². The number of ether oxygens (including phenoxy) is 5. The Morgan fingerprint density at radius 2 is 1.07 bits per heavy atom. The Kier molecular flexibility index (Phi) is 11.2. The molecular weight excluding hydrogens is 392 g/mol. The zero-order valence-electron chi connectivity index (χ0n) is 17.2. The van der Waals surface area contributed by atoms with E-state index in [1.165, 1.54) is 6.92 Å². The van der Waals surface area contributed by atoms with Gasteiger partial charge in [-0.3, -0.25) is 28.8 Å². The van der Waals surface area contributed by atoms with E-state index in [0.717, 1.165) is 34.6 Å². The van der Waals surface area contributed by atoms with Crippen LogP contribution in [-0.4, -0.2) is 66.7 Å². The predicted octanol–water partition coefficient (Wildman–Crippen LogP) is 0.255. The Morgan fingerprint density at radius 3 is 1.45 bits per heavy atom. The fourth-order valence-corrected chi connectivity index (χ4v) is 2.34. The third-order valence-corrected chi connectivity index (χ3v) is 3.32. The monoisotopic (exact) mass is 418 g/mol. The van der Waals surface area contributed by atoms with Gasteiger partial charge in [-0.25, -0.2) is 0 Å². The number of ketones is 1. The maximum atomic E-state index is 12.4. The van der Waals surface area contributed by atoms with Crippen LogP contribution in [0.3, 0.4) is 0 Å². The molecule has 0 fully saturated rings. The number of carbonyl (C=O) groups is 6. The molecular formula is C18H26O11. The Morgan fingerprint density at radius 1 is 0.621 bits per heavy atom. The summed E-state index contributed by atoms with van der Waals surface area (Å²) in [7, 11) is 0. The minimum Gasteiger partial charge on any atom is -0.462 e. The fourth-order valence-electron chi connectivity index (χ4n) is 2.34. The predicted molar refractivity (Wildman–Crippen MR) is 94.1 cm³/mol. The third kappa shape index (κ3) is 10.2. The smallest absolute Gasteiger partial charge is 0.303 e. The second-order valence-electron chi connectivity index (χ2n) is 5.95. The molecule has 11 nitrogen and oxygen atoms in total. The topological polar surface area (TPSA) is 149 Å². The van der Waals surface area contributed by atoms with Gasteiger partial charge in [0.15, 0.2) is 24.1 Å². The van der Waals surface area contributed by atoms with Crippen molar-refractivity contribution >= 4 is 35.6 Å². The summed E-state index contributed by atoms with van der Waals surface area (Å²) in [5.41, 5.74) is 0. The maximum Gasteiger partial charge on any atom is 0.303 e. The molecule has 0 bridgehead atoms. The van der Waals surface area contributed by atoms with Crippen LogP contribution < -0.4 is 0 Å². The molecule has 0 unspecified atom stereocenters. The van der Waals surface area contributed by atoms with Crippen LogP contribution in [0.4, 0.5) is 0 Å². The molecule has 0 spiro atoms. The molecule has 0 aliphatic carbocycles. The summed E-state index contributed by atoms with van der Waals surface area (Å²) in [6.45, 7) is 6.13. The number of hydrogen-bond donors (Lipinski definition) is 0. The number of carbonyl (C=O) groups excluding carboxylic acids is 6. The van der Waals surface area contributed by atoms with Crippen molar-refractivity contribution < 1.29 is 52.5 Å². The van der Waals surface area contributed by atoms with E-state index in [4.69, 9.17) is 23.7 Å². The zero-order valence-corrected chi connectivity index (χ0v) is 17.2. The summed E-state index contributed by atoms with van der Waals surface area (Å²) < 4.78 is 25.2. The molecule has 0 saturated carbocycles. The van der Waals surface area contributed by atoms with Crippen molar-refractivity contribution in [3.63, 3.8) is 0 Å². The minimum absolute atomic E-state index is 0.106. The molecule has 0 aromatic rings. The molecule has 0 amide bonds. The summed E-state index contributed by atoms with van der Waals surface area (Å²) in [5, 5.41) is 0. The van der Waals surface area contributed by atoms with Crippen molar-refractivity contribution in [2.24, 2.45) is 0 Å². The van der Waals surface area contributed by atoms with Crippen molar-refractivity contribution in [3.05, 3.63) is 0 Å². The van der Waals surface area contributed by atoms with Crippen molar-refractivity contribution in [1.29, 1.82) is 0 Å². The highest BCUT2D eigenvalue weighted by Crippen LogP contribution is 2.21. The molecule has 29 heavy (non-hydrogen) atoms. The summed E-state index contributed by atoms with van der Waals surface area (Å²) in [4.78, 5) is 69.9. The third-order valence-electron chi connectivity index (χ3n) is 3.32. The summed E-state index contributed by atoms with van der Waals surface area (Å²) >= 11 is 0. The van der Waals surface area contributed by atoms with Gasteiger partial charge in [0.25, 0.3) is 0 Å². The molecule has 0 radical (unpaired) electrons. The maximum absolute atomic E-state index is 12.4. The Balaban J connectivity index is 6.29. The van der Waals surface area contributed by atoms with E-state index in [9.17, 15) is 28.8 Å². The first-order chi connectivity index (χ1) is 13.4. The lowest BCUT2D eigenvalue weighted by molar-refractivity contribution is -0.203. The second kappa shape index (κ2) is 12.5. The molecule has 164 valence electrons. The van der Waals surface area contributed by atoms with Crippen LogP contribution in [0.25, 0.3) is 0 Å². The number of Topliss-reactive ketones (excluding diaryl/α,β-unsaturated/α-hetero) is 1. The quantitative estimate of drug-likeness (QED) is 0.336. The lowest BCUT2D eigenvalue weighted by atomic mass is 9.98. The first-order valence-corrected chi connectivity index (χ1v) is 8.73. The largest absolute Gasteiger partial charge is 0.462 e. The van der Waals surface area contributed by atoms with E-state index < -0.39 is 66.7 Å². The van der Waals surface area contributed by atoms with Gasteiger partial charge in [0.2, 0.25) is 6.10 Å². The molecule has 0 aliphatic rings. The van der Waals surface area contributed by atoms with Gasteiger partial charge in [0, 0.05) is 41.0 Å². The minimum atomic E-state index is -1.66. The van der Waals surface area contributed by atoms with Crippen LogP contribution in [0.15, 0.2) is 0 Å². The van der Waals surface area contributed by atoms with Crippen LogP contribution in [0.2, 0.25) is 0 Å². The van der Waals surface area contributed by atoms with E-state index in [-0.39, 0.29) is 6.42 Å². The SMILES string of the molecule is CCC(=O)[C@@H](OC(C)=O)[C@@H](OC(C)=O)[C@H](OC(C)=O)[C@@H](COC(C)=O)OC(C)=O. The summed E-state index contributed by atoms with van der Waals surface area (Å²) in [5.74, 6) is -4.82. The van der Waals surface area contributed by atoms with E-state index in [1.54, 1.807) is 0 Å². The standard InChI is InChI=1S/C18H26O11/c1-7-14(24)16(27-11(4)21)18(29-13(6)23)17(28-12(5)22)15(26-10(3)20)8-25-9(2)19/h15-18H,7-8H2,1-6H3/t15-,16-,17-,18-/m1/s1. The molecule has 0 aliphatic heterocycles. The highest BCUT2D eigenvalue weighted by molar-refractivity contribution is 5.86. The average molecular weight is 418 g/mol. The highest BCUT2D eigenvalue weighted by Gasteiger charge is 2.46. The lowest BCUT2D eigenvalue weighted by Gasteiger charge is -2.34. The molecule has 11 heteroatoms. The Labute approximate surface area is 167 Å². The van der Waals surface area contributed by atoms with Crippen LogP contribution in [0.5, 0.6) is 0 Å². The van der Waals surface area contributed by atoms with Gasteiger partial charge in [-0.05, 0) is 0 Å². The van der Waals surface area contributed by atoms with Crippen molar-refractivity contribution in [3.8, 4) is 0 Å². The summed E-state index contributed by atoms with van der Waals surface area (Å²) in [6, 6.07) is 0. The van der Waals surface area contributed by atoms with Gasteiger partial charge >= 0.3 is 29.8 Å². The molecule has 0 rings (SSSR count). The number of rotatable bonds is 11. The van der Waals surface area contributed by atoms with Crippen LogP contribution in [0.1, 0.15) is 48.0 Å². The van der Waals surface area contributed by atoms with Crippen LogP contribution in [-0.2, 0) is 52.5 Å². The van der Waals surface area contributed by atoms with Gasteiger partial charge < -0.3 is 23.7 Å². The first kappa shape index (κ1) is 26.0. The fraction of sp³-hybridized carbons (Fsp3) is 0.667. The molecule has 0 heterocycles. The van der Waals surface area contributed by atoms with Crippen LogP contribution >= 0.6 is 0 Å². The van der Waals surface area contributed by atoms with Gasteiger partial charge in [-0.2, -0.15) is 0 Å². The molecule has 0 aromatic heterocycles. The molecule has 0 N–H and O–H groups in total. The zero-order chi connectivity index (χ0) is 22.7. The highest BCUT2D eigenvalue weighted by atomic mass is 16.6. The Bertz CT molecular complexity index is 640. The van der Waals surface area contributed by atoms with E-state index in [0.29, 0.717) is 0 Å². The van der Waals surface area contributed by atoms with Gasteiger partial charge in [-0.1, -0.05) is 6.92 Å². The molecule has 4 atom stereocenters.